The maximum Gasteiger partial charge on any atom is 0.285 e. The molecule has 0 spiro atoms. The summed E-state index contributed by atoms with van der Waals surface area (Å²) in [6.07, 6.45) is 1.40. The quantitative estimate of drug-likeness (QED) is 0.682. The molecule has 0 radical (unpaired) electrons. The number of carbonyl (C=O) groups excluding carboxylic acids is 1. The molecule has 0 aliphatic carbocycles. The molecule has 4 rings (SSSR count). The normalized spacial score (nSPS) is 22.2. The fourth-order valence-corrected chi connectivity index (χ4v) is 6.45. The van der Waals surface area contributed by atoms with Crippen molar-refractivity contribution in [3.63, 3.8) is 0 Å². The molecular formula is C25H37N5O3S. The fourth-order valence-electron chi connectivity index (χ4n) is 4.97. The first-order chi connectivity index (χ1) is 16.2. The summed E-state index contributed by atoms with van der Waals surface area (Å²) < 4.78 is 30.0. The van der Waals surface area contributed by atoms with Crippen molar-refractivity contribution in [1.29, 1.82) is 0 Å². The first-order valence-electron chi connectivity index (χ1n) is 12.2. The van der Waals surface area contributed by atoms with Gasteiger partial charge in [-0.05, 0) is 57.4 Å². The highest BCUT2D eigenvalue weighted by atomic mass is 32.2. The third-order valence-corrected chi connectivity index (χ3v) is 8.87. The molecule has 0 bridgehead atoms. The van der Waals surface area contributed by atoms with E-state index >= 15 is 0 Å². The summed E-state index contributed by atoms with van der Waals surface area (Å²) in [6.45, 7) is 12.9. The summed E-state index contributed by atoms with van der Waals surface area (Å²) in [4.78, 5) is 19.7. The second-order valence-corrected chi connectivity index (χ2v) is 11.4. The molecule has 3 heterocycles. The summed E-state index contributed by atoms with van der Waals surface area (Å²) >= 11 is 0. The SMILES string of the molecule is CC1=C(c2ccc(C)c(C)c2)S(=O)(=O)N=C1N1CCC(C(=O)NCCN2CCN(C)CC2)CC1. The number of aryl methyl sites for hydroxylation is 2. The van der Waals surface area contributed by atoms with Crippen LogP contribution in [-0.4, -0.2) is 94.3 Å². The molecule has 9 heteroatoms. The van der Waals surface area contributed by atoms with Crippen LogP contribution in [0, 0.1) is 19.8 Å². The van der Waals surface area contributed by atoms with Crippen molar-refractivity contribution in [3.05, 3.63) is 40.5 Å². The third kappa shape index (κ3) is 5.37. The molecule has 1 amide bonds. The Morgan fingerprint density at radius 3 is 2.35 bits per heavy atom. The summed E-state index contributed by atoms with van der Waals surface area (Å²) in [5, 5.41) is 3.11. The number of amides is 1. The predicted molar refractivity (Wildman–Crippen MR) is 136 cm³/mol. The van der Waals surface area contributed by atoms with Crippen LogP contribution in [-0.2, 0) is 14.8 Å². The van der Waals surface area contributed by atoms with Gasteiger partial charge in [-0.3, -0.25) is 9.69 Å². The summed E-state index contributed by atoms with van der Waals surface area (Å²) in [6, 6.07) is 5.73. The zero-order valence-electron chi connectivity index (χ0n) is 20.8. The van der Waals surface area contributed by atoms with E-state index in [-0.39, 0.29) is 11.8 Å². The summed E-state index contributed by atoms with van der Waals surface area (Å²) in [5.74, 6) is 0.603. The van der Waals surface area contributed by atoms with Crippen LogP contribution in [0.2, 0.25) is 0 Å². The van der Waals surface area contributed by atoms with Gasteiger partial charge in [0.05, 0.1) is 0 Å². The second-order valence-electron chi connectivity index (χ2n) is 9.84. The van der Waals surface area contributed by atoms with Gasteiger partial charge in [-0.1, -0.05) is 18.2 Å². The van der Waals surface area contributed by atoms with Gasteiger partial charge in [-0.25, -0.2) is 0 Å². The summed E-state index contributed by atoms with van der Waals surface area (Å²) in [5.41, 5.74) is 3.57. The highest BCUT2D eigenvalue weighted by Crippen LogP contribution is 2.35. The molecule has 1 aromatic rings. The number of benzene rings is 1. The zero-order valence-corrected chi connectivity index (χ0v) is 21.6. The molecule has 8 nitrogen and oxygen atoms in total. The highest BCUT2D eigenvalue weighted by molar-refractivity contribution is 8.00. The van der Waals surface area contributed by atoms with Crippen molar-refractivity contribution in [2.24, 2.45) is 10.3 Å². The number of nitrogens with zero attached hydrogens (tertiary/aromatic N) is 4. The van der Waals surface area contributed by atoms with Gasteiger partial charge < -0.3 is 15.1 Å². The van der Waals surface area contributed by atoms with E-state index in [4.69, 9.17) is 0 Å². The van der Waals surface area contributed by atoms with E-state index in [1.54, 1.807) is 0 Å². The monoisotopic (exact) mass is 487 g/mol. The number of nitrogens with one attached hydrogen (secondary N) is 1. The Balaban J connectivity index is 1.33. The average Bonchev–Trinajstić information content (AvgIpc) is 3.05. The van der Waals surface area contributed by atoms with E-state index in [1.165, 1.54) is 0 Å². The summed E-state index contributed by atoms with van der Waals surface area (Å²) in [7, 11) is -1.60. The maximum absolute atomic E-state index is 12.9. The Labute approximate surface area is 203 Å². The topological polar surface area (TPSA) is 85.3 Å². The highest BCUT2D eigenvalue weighted by Gasteiger charge is 2.35. The smallest absolute Gasteiger partial charge is 0.285 e. The molecule has 1 N–H and O–H groups in total. The average molecular weight is 488 g/mol. The van der Waals surface area contributed by atoms with Crippen LogP contribution in [0.25, 0.3) is 4.91 Å². The van der Waals surface area contributed by atoms with Crippen molar-refractivity contribution >= 4 is 26.7 Å². The third-order valence-electron chi connectivity index (χ3n) is 7.40. The van der Waals surface area contributed by atoms with Crippen molar-refractivity contribution in [1.82, 2.24) is 20.0 Å². The lowest BCUT2D eigenvalue weighted by Crippen LogP contribution is -2.48. The van der Waals surface area contributed by atoms with Crippen LogP contribution < -0.4 is 5.32 Å². The minimum Gasteiger partial charge on any atom is -0.356 e. The number of carbonyl (C=O) groups is 1. The number of likely N-dealkylation sites (tertiary alicyclic amines) is 1. The molecule has 0 unspecified atom stereocenters. The van der Waals surface area contributed by atoms with Gasteiger partial charge in [0.25, 0.3) is 10.0 Å². The number of hydrogen-bond donors (Lipinski definition) is 1. The minimum absolute atomic E-state index is 0.0362. The van der Waals surface area contributed by atoms with Crippen molar-refractivity contribution < 1.29 is 13.2 Å². The van der Waals surface area contributed by atoms with Gasteiger partial charge in [0, 0.05) is 63.8 Å². The predicted octanol–water partition coefficient (Wildman–Crippen LogP) is 1.85. The molecule has 3 aliphatic heterocycles. The standard InChI is InChI=1S/C25H37N5O3S/c1-18-5-6-22(17-19(18)2)23-20(3)24(27-34(23,32)33)30-10-7-21(8-11-30)25(31)26-9-12-29-15-13-28(4)14-16-29/h5-6,17,21H,7-16H2,1-4H3,(H,26,31). The Kier molecular flexibility index (Phi) is 7.45. The molecule has 0 saturated carbocycles. The van der Waals surface area contributed by atoms with Crippen LogP contribution in [0.1, 0.15) is 36.5 Å². The van der Waals surface area contributed by atoms with Gasteiger partial charge in [-0.15, -0.1) is 4.40 Å². The first-order valence-corrected chi connectivity index (χ1v) is 13.7. The van der Waals surface area contributed by atoms with Crippen LogP contribution in [0.4, 0.5) is 0 Å². The molecule has 3 aliphatic rings. The number of amidine groups is 1. The molecule has 186 valence electrons. The Morgan fingerprint density at radius 1 is 1.03 bits per heavy atom. The van der Waals surface area contributed by atoms with E-state index in [0.29, 0.717) is 54.4 Å². The number of rotatable bonds is 5. The molecular weight excluding hydrogens is 450 g/mol. The lowest BCUT2D eigenvalue weighted by molar-refractivity contribution is -0.126. The number of sulfonamides is 1. The minimum atomic E-state index is -3.73. The van der Waals surface area contributed by atoms with Crippen LogP contribution >= 0.6 is 0 Å². The number of piperidine rings is 1. The van der Waals surface area contributed by atoms with E-state index in [9.17, 15) is 13.2 Å². The Bertz CT molecular complexity index is 1100. The molecule has 2 fully saturated rings. The van der Waals surface area contributed by atoms with Gasteiger partial charge in [0.15, 0.2) is 0 Å². The van der Waals surface area contributed by atoms with Crippen LogP contribution in [0.5, 0.6) is 0 Å². The lowest BCUT2D eigenvalue weighted by Gasteiger charge is -2.34. The number of piperazine rings is 1. The number of hydrogen-bond acceptors (Lipinski definition) is 6. The van der Waals surface area contributed by atoms with E-state index in [2.05, 4.69) is 26.6 Å². The van der Waals surface area contributed by atoms with Crippen molar-refractivity contribution in [3.8, 4) is 0 Å². The van der Waals surface area contributed by atoms with Crippen LogP contribution in [0.15, 0.2) is 28.2 Å². The molecule has 2 saturated heterocycles. The maximum atomic E-state index is 12.9. The molecule has 1 aromatic carbocycles. The first kappa shape index (κ1) is 24.9. The van der Waals surface area contributed by atoms with Gasteiger partial charge in [0.1, 0.15) is 10.7 Å². The van der Waals surface area contributed by atoms with E-state index in [1.807, 2.05) is 43.9 Å². The van der Waals surface area contributed by atoms with Gasteiger partial charge >= 0.3 is 0 Å². The van der Waals surface area contributed by atoms with Gasteiger partial charge in [-0.2, -0.15) is 8.42 Å². The van der Waals surface area contributed by atoms with E-state index < -0.39 is 10.0 Å². The Morgan fingerprint density at radius 2 is 1.71 bits per heavy atom. The van der Waals surface area contributed by atoms with E-state index in [0.717, 1.165) is 43.9 Å². The van der Waals surface area contributed by atoms with Gasteiger partial charge in [0.2, 0.25) is 5.91 Å². The fraction of sp³-hybridized carbons (Fsp3) is 0.600. The zero-order chi connectivity index (χ0) is 24.5. The van der Waals surface area contributed by atoms with Crippen molar-refractivity contribution in [2.45, 2.75) is 33.6 Å². The largest absolute Gasteiger partial charge is 0.356 e. The molecule has 34 heavy (non-hydrogen) atoms. The number of likely N-dealkylation sites (N-methyl/N-ethyl adjacent to an activating group) is 1. The Hall–Kier alpha value is -2.23. The molecule has 0 atom stereocenters. The van der Waals surface area contributed by atoms with Crippen molar-refractivity contribution in [2.75, 3.05) is 59.4 Å². The van der Waals surface area contributed by atoms with Crippen LogP contribution in [0.3, 0.4) is 0 Å². The second kappa shape index (κ2) is 10.2. The molecule has 0 aromatic heterocycles. The lowest BCUT2D eigenvalue weighted by atomic mass is 9.95.